The maximum absolute atomic E-state index is 12.3. The van der Waals surface area contributed by atoms with E-state index in [4.69, 9.17) is 5.26 Å². The van der Waals surface area contributed by atoms with Crippen molar-refractivity contribution in [3.8, 4) is 6.07 Å². The van der Waals surface area contributed by atoms with Gasteiger partial charge in [0.2, 0.25) is 0 Å². The van der Waals surface area contributed by atoms with Gasteiger partial charge >= 0.3 is 12.1 Å². The summed E-state index contributed by atoms with van der Waals surface area (Å²) >= 11 is 0. The Morgan fingerprint density at radius 1 is 1.41 bits per heavy atom. The monoisotopic (exact) mass is 240 g/mol. The van der Waals surface area contributed by atoms with Crippen LogP contribution in [-0.2, 0) is 11.2 Å². The van der Waals surface area contributed by atoms with Crippen LogP contribution in [0.25, 0.3) is 0 Å². The molecule has 0 saturated carbocycles. The van der Waals surface area contributed by atoms with E-state index >= 15 is 0 Å². The van der Waals surface area contributed by atoms with E-state index in [1.807, 2.05) is 6.07 Å². The first-order valence-corrected chi connectivity index (χ1v) is 4.85. The van der Waals surface area contributed by atoms with Gasteiger partial charge in [0.05, 0.1) is 11.6 Å². The fourth-order valence-electron chi connectivity index (χ4n) is 1.84. The van der Waals surface area contributed by atoms with Crippen molar-refractivity contribution in [1.29, 1.82) is 5.26 Å². The fraction of sp³-hybridized carbons (Fsp3) is 0.273. The topological polar surface area (TPSA) is 44.1 Å². The first kappa shape index (κ1) is 11.5. The molecule has 0 fully saturated rings. The molecule has 0 bridgehead atoms. The van der Waals surface area contributed by atoms with E-state index in [9.17, 15) is 18.0 Å². The molecule has 0 aromatic heterocycles. The van der Waals surface area contributed by atoms with Gasteiger partial charge in [-0.25, -0.2) is 0 Å². The highest BCUT2D eigenvalue weighted by Gasteiger charge is 2.44. The summed E-state index contributed by atoms with van der Waals surface area (Å²) in [5, 5.41) is 8.66. The molecule has 0 radical (unpaired) electrons. The SMILES string of the molecule is N#Cc1ccc2c(c1)CCN2C(=O)C(F)(F)F. The summed E-state index contributed by atoms with van der Waals surface area (Å²) < 4.78 is 36.9. The Bertz CT molecular complexity index is 516. The minimum atomic E-state index is -4.87. The lowest BCUT2D eigenvalue weighted by Crippen LogP contribution is -2.40. The maximum Gasteiger partial charge on any atom is 0.471 e. The molecule has 17 heavy (non-hydrogen) atoms. The lowest BCUT2D eigenvalue weighted by molar-refractivity contribution is -0.170. The summed E-state index contributed by atoms with van der Waals surface area (Å²) in [7, 11) is 0. The van der Waals surface area contributed by atoms with Gasteiger partial charge in [-0.1, -0.05) is 0 Å². The van der Waals surface area contributed by atoms with Gasteiger partial charge in [0.15, 0.2) is 0 Å². The number of halogens is 3. The quantitative estimate of drug-likeness (QED) is 0.696. The number of carbonyl (C=O) groups excluding carboxylic acids is 1. The van der Waals surface area contributed by atoms with Gasteiger partial charge in [0, 0.05) is 12.2 Å². The zero-order valence-corrected chi connectivity index (χ0v) is 8.58. The minimum absolute atomic E-state index is 0.00254. The van der Waals surface area contributed by atoms with Crippen LogP contribution >= 0.6 is 0 Å². The summed E-state index contributed by atoms with van der Waals surface area (Å²) in [6.45, 7) is 0.00254. The number of carbonyl (C=O) groups is 1. The van der Waals surface area contributed by atoms with Gasteiger partial charge in [-0.05, 0) is 30.2 Å². The van der Waals surface area contributed by atoms with Crippen LogP contribution in [0.4, 0.5) is 18.9 Å². The van der Waals surface area contributed by atoms with Crippen LogP contribution in [0.15, 0.2) is 18.2 Å². The number of fused-ring (bicyclic) bond motifs is 1. The van der Waals surface area contributed by atoms with Crippen LogP contribution in [0, 0.1) is 11.3 Å². The number of benzene rings is 1. The summed E-state index contributed by atoms with van der Waals surface area (Å²) in [6, 6.07) is 6.20. The zero-order chi connectivity index (χ0) is 12.6. The highest BCUT2D eigenvalue weighted by Crippen LogP contribution is 2.32. The van der Waals surface area contributed by atoms with Gasteiger partial charge in [-0.2, -0.15) is 18.4 Å². The summed E-state index contributed by atoms with van der Waals surface area (Å²) in [5.41, 5.74) is 1.22. The van der Waals surface area contributed by atoms with Gasteiger partial charge < -0.3 is 4.90 Å². The third-order valence-electron chi connectivity index (χ3n) is 2.59. The molecular weight excluding hydrogens is 233 g/mol. The molecule has 0 spiro atoms. The van der Waals surface area contributed by atoms with Crippen molar-refractivity contribution < 1.29 is 18.0 Å². The van der Waals surface area contributed by atoms with E-state index in [0.717, 1.165) is 0 Å². The Hall–Kier alpha value is -2.03. The lowest BCUT2D eigenvalue weighted by Gasteiger charge is -2.18. The van der Waals surface area contributed by atoms with E-state index in [1.54, 1.807) is 0 Å². The first-order chi connectivity index (χ1) is 7.93. The molecule has 3 nitrogen and oxygen atoms in total. The second kappa shape index (κ2) is 3.77. The molecule has 1 aliphatic rings. The Morgan fingerprint density at radius 2 is 2.12 bits per heavy atom. The van der Waals surface area contributed by atoms with Crippen molar-refractivity contribution in [1.82, 2.24) is 0 Å². The number of rotatable bonds is 0. The zero-order valence-electron chi connectivity index (χ0n) is 8.58. The molecule has 0 atom stereocenters. The van der Waals surface area contributed by atoms with E-state index in [-0.39, 0.29) is 12.2 Å². The molecule has 1 amide bonds. The Balaban J connectivity index is 2.36. The third-order valence-corrected chi connectivity index (χ3v) is 2.59. The number of hydrogen-bond donors (Lipinski definition) is 0. The van der Waals surface area contributed by atoms with E-state index in [0.29, 0.717) is 22.4 Å². The van der Waals surface area contributed by atoms with Gasteiger partial charge in [0.25, 0.3) is 0 Å². The van der Waals surface area contributed by atoms with Gasteiger partial charge in [-0.15, -0.1) is 0 Å². The molecule has 0 N–H and O–H groups in total. The van der Waals surface area contributed by atoms with Crippen molar-refractivity contribution in [2.45, 2.75) is 12.6 Å². The molecule has 2 rings (SSSR count). The largest absolute Gasteiger partial charge is 0.471 e. The normalized spacial score (nSPS) is 14.4. The molecule has 1 aliphatic heterocycles. The molecular formula is C11H7F3N2O. The van der Waals surface area contributed by atoms with Crippen molar-refractivity contribution >= 4 is 11.6 Å². The molecule has 1 heterocycles. The molecule has 1 aromatic rings. The second-order valence-electron chi connectivity index (χ2n) is 3.66. The average molecular weight is 240 g/mol. The lowest BCUT2D eigenvalue weighted by atomic mass is 10.1. The van der Waals surface area contributed by atoms with Gasteiger partial charge in [-0.3, -0.25) is 4.79 Å². The smallest absolute Gasteiger partial charge is 0.304 e. The third kappa shape index (κ3) is 1.96. The minimum Gasteiger partial charge on any atom is -0.304 e. The molecule has 0 aliphatic carbocycles. The molecule has 6 heteroatoms. The maximum atomic E-state index is 12.3. The number of nitriles is 1. The average Bonchev–Trinajstić information content (AvgIpc) is 2.69. The fourth-order valence-corrected chi connectivity index (χ4v) is 1.84. The molecule has 0 saturated heterocycles. The van der Waals surface area contributed by atoms with Crippen LogP contribution in [0.5, 0.6) is 0 Å². The number of amides is 1. The van der Waals surface area contributed by atoms with Crippen molar-refractivity contribution in [2.75, 3.05) is 11.4 Å². The molecule has 88 valence electrons. The van der Waals surface area contributed by atoms with Crippen LogP contribution in [0.3, 0.4) is 0 Å². The highest BCUT2D eigenvalue weighted by molar-refractivity contribution is 5.99. The Labute approximate surface area is 95.1 Å². The van der Waals surface area contributed by atoms with Crippen LogP contribution in [0.2, 0.25) is 0 Å². The van der Waals surface area contributed by atoms with E-state index in [2.05, 4.69) is 0 Å². The predicted molar refractivity (Wildman–Crippen MR) is 53.3 cm³/mol. The van der Waals surface area contributed by atoms with Crippen LogP contribution in [-0.4, -0.2) is 18.6 Å². The van der Waals surface area contributed by atoms with E-state index in [1.165, 1.54) is 18.2 Å². The molecule has 0 unspecified atom stereocenters. The number of anilines is 1. The molecule has 1 aromatic carbocycles. The Kier molecular flexibility index (Phi) is 2.54. The predicted octanol–water partition coefficient (Wildman–Crippen LogP) is 2.01. The standard InChI is InChI=1S/C11H7F3N2O/c12-11(13,14)10(17)16-4-3-8-5-7(6-15)1-2-9(8)16/h1-2,5H,3-4H2. The van der Waals surface area contributed by atoms with Crippen molar-refractivity contribution in [3.63, 3.8) is 0 Å². The number of nitrogens with zero attached hydrogens (tertiary/aromatic N) is 2. The number of hydrogen-bond acceptors (Lipinski definition) is 2. The summed E-state index contributed by atoms with van der Waals surface area (Å²) in [4.78, 5) is 11.8. The Morgan fingerprint density at radius 3 is 2.71 bits per heavy atom. The van der Waals surface area contributed by atoms with E-state index < -0.39 is 12.1 Å². The van der Waals surface area contributed by atoms with Crippen LogP contribution < -0.4 is 4.90 Å². The van der Waals surface area contributed by atoms with Crippen molar-refractivity contribution in [3.05, 3.63) is 29.3 Å². The summed E-state index contributed by atoms with van der Waals surface area (Å²) in [5.74, 6) is -1.86. The van der Waals surface area contributed by atoms with Crippen LogP contribution in [0.1, 0.15) is 11.1 Å². The summed E-state index contributed by atoms with van der Waals surface area (Å²) in [6.07, 6.45) is -4.53. The van der Waals surface area contributed by atoms with Crippen molar-refractivity contribution in [2.24, 2.45) is 0 Å². The van der Waals surface area contributed by atoms with Gasteiger partial charge in [0.1, 0.15) is 0 Å². The second-order valence-corrected chi connectivity index (χ2v) is 3.66. The first-order valence-electron chi connectivity index (χ1n) is 4.85. The number of alkyl halides is 3. The highest BCUT2D eigenvalue weighted by atomic mass is 19.4.